The first-order chi connectivity index (χ1) is 18.7. The summed E-state index contributed by atoms with van der Waals surface area (Å²) in [6.45, 7) is 0.655. The number of hydrogen-bond donors (Lipinski definition) is 1. The van der Waals surface area contributed by atoms with Gasteiger partial charge in [-0.05, 0) is 42.3 Å². The minimum Gasteiger partial charge on any atom is -0.478 e. The van der Waals surface area contributed by atoms with Gasteiger partial charge in [0.05, 0.1) is 54.3 Å². The topological polar surface area (TPSA) is 150 Å². The molecule has 0 saturated heterocycles. The molecule has 0 saturated carbocycles. The van der Waals surface area contributed by atoms with Crippen LogP contribution in [0.25, 0.3) is 0 Å². The third-order valence-corrected chi connectivity index (χ3v) is 8.53. The van der Waals surface area contributed by atoms with Crippen LogP contribution in [0.4, 0.5) is 5.69 Å². The molecule has 1 aliphatic rings. The number of hydrogen-bond acceptors (Lipinski definition) is 8. The SMILES string of the molecule is Cn1cnc(S(=O)(=O)N(Cc2cc(C(=O)O)ccn2)C2Cc3cc(C#N)ccc3N(Cc3cncn3C)C2)c1. The number of carbonyl (C=O) groups is 1. The summed E-state index contributed by atoms with van der Waals surface area (Å²) < 4.78 is 32.8. The van der Waals surface area contributed by atoms with Gasteiger partial charge in [0, 0.05) is 51.0 Å². The third kappa shape index (κ3) is 5.25. The molecule has 4 aromatic rings. The van der Waals surface area contributed by atoms with Crippen molar-refractivity contribution >= 4 is 21.7 Å². The van der Waals surface area contributed by atoms with Gasteiger partial charge in [0.15, 0.2) is 5.03 Å². The molecule has 3 aromatic heterocycles. The molecule has 1 N–H and O–H groups in total. The standard InChI is InChI=1S/C26H26N8O4S/c1-31-15-25(30-17-31)39(37,38)34(12-21-8-19(26(35)36)5-6-29-21)22-9-20-7-18(10-27)3-4-24(20)33(13-22)14-23-11-28-16-32(23)2/h3-8,11,15-17,22H,9,12-14H2,1-2H3,(H,35,36). The van der Waals surface area contributed by atoms with Crippen molar-refractivity contribution in [1.29, 1.82) is 5.26 Å². The van der Waals surface area contributed by atoms with Crippen molar-refractivity contribution in [1.82, 2.24) is 28.4 Å². The molecule has 12 nitrogen and oxygen atoms in total. The number of rotatable bonds is 8. The van der Waals surface area contributed by atoms with Gasteiger partial charge in [0.2, 0.25) is 0 Å². The number of aromatic nitrogens is 5. The minimum atomic E-state index is -4.12. The average Bonchev–Trinajstić information content (AvgIpc) is 3.55. The van der Waals surface area contributed by atoms with E-state index >= 15 is 0 Å². The fourth-order valence-corrected chi connectivity index (χ4v) is 6.34. The zero-order valence-electron chi connectivity index (χ0n) is 21.3. The predicted octanol–water partition coefficient (Wildman–Crippen LogP) is 1.94. The number of aryl methyl sites for hydroxylation is 2. The van der Waals surface area contributed by atoms with Gasteiger partial charge in [-0.2, -0.15) is 9.57 Å². The first kappa shape index (κ1) is 26.1. The zero-order valence-corrected chi connectivity index (χ0v) is 22.2. The number of nitriles is 1. The summed E-state index contributed by atoms with van der Waals surface area (Å²) in [5.41, 5.74) is 3.46. The molecular formula is C26H26N8O4S. The van der Waals surface area contributed by atoms with Crippen LogP contribution in [0.1, 0.15) is 32.9 Å². The van der Waals surface area contributed by atoms with Crippen molar-refractivity contribution in [2.24, 2.45) is 14.1 Å². The summed E-state index contributed by atoms with van der Waals surface area (Å²) in [5.74, 6) is -1.13. The Bertz CT molecular complexity index is 1690. The molecule has 1 atom stereocenters. The normalized spacial score (nSPS) is 15.2. The summed E-state index contributed by atoms with van der Waals surface area (Å²) in [5, 5.41) is 18.9. The van der Waals surface area contributed by atoms with E-state index in [1.807, 2.05) is 17.7 Å². The summed E-state index contributed by atoms with van der Waals surface area (Å²) in [7, 11) is -0.542. The van der Waals surface area contributed by atoms with Gasteiger partial charge in [-0.15, -0.1) is 0 Å². The lowest BCUT2D eigenvalue weighted by Gasteiger charge is -2.40. The fraction of sp³-hybridized carbons (Fsp3) is 0.269. The highest BCUT2D eigenvalue weighted by Crippen LogP contribution is 2.33. The molecule has 0 amide bonds. The van der Waals surface area contributed by atoms with E-state index in [0.717, 1.165) is 16.9 Å². The Hall–Kier alpha value is -4.54. The Labute approximate surface area is 225 Å². The number of pyridine rings is 1. The second-order valence-corrected chi connectivity index (χ2v) is 11.3. The maximum Gasteiger partial charge on any atom is 0.335 e. The molecule has 0 bridgehead atoms. The smallest absolute Gasteiger partial charge is 0.335 e. The van der Waals surface area contributed by atoms with Crippen LogP contribution < -0.4 is 4.90 Å². The van der Waals surface area contributed by atoms with E-state index in [2.05, 4.69) is 25.9 Å². The van der Waals surface area contributed by atoms with Crippen molar-refractivity contribution in [3.63, 3.8) is 0 Å². The van der Waals surface area contributed by atoms with E-state index in [-0.39, 0.29) is 17.1 Å². The molecule has 39 heavy (non-hydrogen) atoms. The number of fused-ring (bicyclic) bond motifs is 1. The number of imidazole rings is 2. The molecule has 5 rings (SSSR count). The molecule has 0 spiro atoms. The number of sulfonamides is 1. The fourth-order valence-electron chi connectivity index (χ4n) is 4.78. The van der Waals surface area contributed by atoms with Gasteiger partial charge < -0.3 is 19.1 Å². The van der Waals surface area contributed by atoms with Gasteiger partial charge in [0.25, 0.3) is 10.0 Å². The van der Waals surface area contributed by atoms with Crippen LogP contribution in [0, 0.1) is 11.3 Å². The van der Waals surface area contributed by atoms with Crippen molar-refractivity contribution in [2.45, 2.75) is 30.6 Å². The molecule has 1 aliphatic heterocycles. The predicted molar refractivity (Wildman–Crippen MR) is 140 cm³/mol. The maximum absolute atomic E-state index is 14.0. The van der Waals surface area contributed by atoms with Gasteiger partial charge >= 0.3 is 5.97 Å². The Kier molecular flexibility index (Phi) is 6.90. The van der Waals surface area contributed by atoms with Crippen molar-refractivity contribution in [2.75, 3.05) is 11.4 Å². The van der Waals surface area contributed by atoms with Crippen LogP contribution in [0.5, 0.6) is 0 Å². The lowest BCUT2D eigenvalue weighted by atomic mass is 9.95. The van der Waals surface area contributed by atoms with Crippen LogP contribution in [0.3, 0.4) is 0 Å². The Balaban J connectivity index is 1.59. The van der Waals surface area contributed by atoms with Crippen LogP contribution in [0.15, 0.2) is 66.6 Å². The molecule has 0 radical (unpaired) electrons. The van der Waals surface area contributed by atoms with Crippen LogP contribution in [-0.2, 0) is 43.6 Å². The number of nitrogens with zero attached hydrogens (tertiary/aromatic N) is 8. The molecule has 0 fully saturated rings. The molecule has 200 valence electrons. The van der Waals surface area contributed by atoms with E-state index < -0.39 is 22.0 Å². The second kappa shape index (κ2) is 10.3. The summed E-state index contributed by atoms with van der Waals surface area (Å²) in [4.78, 5) is 26.2. The van der Waals surface area contributed by atoms with Crippen molar-refractivity contribution < 1.29 is 18.3 Å². The summed E-state index contributed by atoms with van der Waals surface area (Å²) in [6, 6.07) is 9.75. The first-order valence-electron chi connectivity index (χ1n) is 12.1. The highest BCUT2D eigenvalue weighted by molar-refractivity contribution is 7.89. The molecule has 0 aliphatic carbocycles. The largest absolute Gasteiger partial charge is 0.478 e. The molecule has 13 heteroatoms. The molecule has 1 aromatic carbocycles. The van der Waals surface area contributed by atoms with Crippen LogP contribution in [0.2, 0.25) is 0 Å². The summed E-state index contributed by atoms with van der Waals surface area (Å²) in [6.07, 6.45) is 8.01. The summed E-state index contributed by atoms with van der Waals surface area (Å²) >= 11 is 0. The maximum atomic E-state index is 14.0. The van der Waals surface area contributed by atoms with E-state index in [9.17, 15) is 23.6 Å². The molecular weight excluding hydrogens is 520 g/mol. The second-order valence-electron chi connectivity index (χ2n) is 9.46. The number of carboxylic acid groups (broad SMARTS) is 1. The van der Waals surface area contributed by atoms with Crippen LogP contribution >= 0.6 is 0 Å². The lowest BCUT2D eigenvalue weighted by molar-refractivity contribution is 0.0696. The quantitative estimate of drug-likeness (QED) is 0.350. The highest BCUT2D eigenvalue weighted by atomic mass is 32.2. The zero-order chi connectivity index (χ0) is 27.7. The van der Waals surface area contributed by atoms with Gasteiger partial charge in [0.1, 0.15) is 0 Å². The van der Waals surface area contributed by atoms with Gasteiger partial charge in [-0.25, -0.2) is 23.2 Å². The highest BCUT2D eigenvalue weighted by Gasteiger charge is 2.38. The van der Waals surface area contributed by atoms with E-state index in [0.29, 0.717) is 30.8 Å². The van der Waals surface area contributed by atoms with Gasteiger partial charge in [-0.1, -0.05) is 0 Å². The van der Waals surface area contributed by atoms with Gasteiger partial charge in [-0.3, -0.25) is 4.98 Å². The monoisotopic (exact) mass is 546 g/mol. The number of anilines is 1. The van der Waals surface area contributed by atoms with Crippen molar-refractivity contribution in [3.8, 4) is 6.07 Å². The number of carboxylic acids is 1. The van der Waals surface area contributed by atoms with E-state index in [1.54, 1.807) is 36.3 Å². The van der Waals surface area contributed by atoms with E-state index in [1.165, 1.54) is 35.2 Å². The van der Waals surface area contributed by atoms with E-state index in [4.69, 9.17) is 0 Å². The minimum absolute atomic E-state index is 0.0145. The van der Waals surface area contributed by atoms with Crippen molar-refractivity contribution in [3.05, 3.63) is 89.7 Å². The third-order valence-electron chi connectivity index (χ3n) is 6.75. The number of aromatic carboxylic acids is 1. The first-order valence-corrected chi connectivity index (χ1v) is 13.5. The Morgan fingerprint density at radius 2 is 2.03 bits per heavy atom. The lowest BCUT2D eigenvalue weighted by Crippen LogP contribution is -2.50. The van der Waals surface area contributed by atoms with Crippen LogP contribution in [-0.4, -0.2) is 60.5 Å². The Morgan fingerprint density at radius 3 is 2.69 bits per heavy atom. The molecule has 4 heterocycles. The number of benzene rings is 1. The Morgan fingerprint density at radius 1 is 1.21 bits per heavy atom. The average molecular weight is 547 g/mol. The molecule has 1 unspecified atom stereocenters.